The molecule has 0 fully saturated rings. The largest absolute Gasteiger partial charge is 0.478 e. The van der Waals surface area contributed by atoms with E-state index in [4.69, 9.17) is 21.2 Å². The molecular formula is C13H14ClN3O3. The fourth-order valence-electron chi connectivity index (χ4n) is 1.83. The van der Waals surface area contributed by atoms with E-state index in [1.807, 2.05) is 11.9 Å². The maximum Gasteiger partial charge on any atom is 0.337 e. The zero-order valence-corrected chi connectivity index (χ0v) is 11.9. The van der Waals surface area contributed by atoms with Crippen molar-refractivity contribution in [3.8, 4) is 0 Å². The van der Waals surface area contributed by atoms with Crippen molar-refractivity contribution in [1.82, 2.24) is 15.0 Å². The summed E-state index contributed by atoms with van der Waals surface area (Å²) in [5, 5.41) is 12.9. The third-order valence-electron chi connectivity index (χ3n) is 2.69. The second kappa shape index (κ2) is 6.02. The molecule has 7 heteroatoms. The lowest BCUT2D eigenvalue weighted by atomic mass is 10.1. The topological polar surface area (TPSA) is 79.5 Å². The molecule has 1 heterocycles. The number of benzene rings is 1. The van der Waals surface area contributed by atoms with Crippen LogP contribution in [0.2, 0.25) is 5.02 Å². The number of carboxylic acids is 1. The van der Waals surface area contributed by atoms with Gasteiger partial charge in [0.15, 0.2) is 5.82 Å². The van der Waals surface area contributed by atoms with E-state index in [-0.39, 0.29) is 10.6 Å². The molecule has 1 N–H and O–H groups in total. The quantitative estimate of drug-likeness (QED) is 0.912. The van der Waals surface area contributed by atoms with E-state index in [0.29, 0.717) is 24.8 Å². The van der Waals surface area contributed by atoms with Crippen molar-refractivity contribution < 1.29 is 14.4 Å². The van der Waals surface area contributed by atoms with Crippen molar-refractivity contribution in [2.45, 2.75) is 20.0 Å². The standard InChI is InChI=1S/C13H14ClN3O3/c1-8-15-12(20-16-8)7-17(2)6-9-3-4-10(13(18)19)11(14)5-9/h3-5H,6-7H2,1-2H3,(H,18,19). The first kappa shape index (κ1) is 14.5. The second-order valence-electron chi connectivity index (χ2n) is 4.53. The molecule has 0 unspecified atom stereocenters. The summed E-state index contributed by atoms with van der Waals surface area (Å²) in [6.45, 7) is 2.87. The Bertz CT molecular complexity index is 627. The monoisotopic (exact) mass is 295 g/mol. The Hall–Kier alpha value is -1.92. The van der Waals surface area contributed by atoms with Crippen LogP contribution in [-0.4, -0.2) is 33.2 Å². The van der Waals surface area contributed by atoms with Gasteiger partial charge in [-0.3, -0.25) is 4.90 Å². The van der Waals surface area contributed by atoms with E-state index in [1.165, 1.54) is 6.07 Å². The van der Waals surface area contributed by atoms with Crippen LogP contribution in [0, 0.1) is 6.92 Å². The summed E-state index contributed by atoms with van der Waals surface area (Å²) in [6.07, 6.45) is 0. The Morgan fingerprint density at radius 3 is 2.75 bits per heavy atom. The van der Waals surface area contributed by atoms with Gasteiger partial charge in [-0.25, -0.2) is 4.79 Å². The van der Waals surface area contributed by atoms with Crippen molar-refractivity contribution in [1.29, 1.82) is 0 Å². The number of carbonyl (C=O) groups is 1. The van der Waals surface area contributed by atoms with Gasteiger partial charge in [-0.1, -0.05) is 22.8 Å². The van der Waals surface area contributed by atoms with E-state index in [1.54, 1.807) is 19.1 Å². The Morgan fingerprint density at radius 1 is 1.45 bits per heavy atom. The second-order valence-corrected chi connectivity index (χ2v) is 4.93. The fourth-order valence-corrected chi connectivity index (χ4v) is 2.12. The molecule has 1 aromatic heterocycles. The molecule has 0 aliphatic heterocycles. The SMILES string of the molecule is Cc1noc(CN(C)Cc2ccc(C(=O)O)c(Cl)c2)n1. The minimum absolute atomic E-state index is 0.102. The summed E-state index contributed by atoms with van der Waals surface area (Å²) in [7, 11) is 1.90. The molecule has 1 aromatic carbocycles. The highest BCUT2D eigenvalue weighted by atomic mass is 35.5. The number of carboxylic acid groups (broad SMARTS) is 1. The predicted octanol–water partition coefficient (Wildman–Crippen LogP) is 2.36. The third-order valence-corrected chi connectivity index (χ3v) is 3.00. The summed E-state index contributed by atoms with van der Waals surface area (Å²) in [5.74, 6) is 0.108. The molecule has 0 amide bonds. The smallest absolute Gasteiger partial charge is 0.337 e. The summed E-state index contributed by atoms with van der Waals surface area (Å²) in [5.41, 5.74) is 1.02. The lowest BCUT2D eigenvalue weighted by molar-refractivity contribution is 0.0697. The number of hydrogen-bond donors (Lipinski definition) is 1. The molecule has 106 valence electrons. The van der Waals surface area contributed by atoms with Gasteiger partial charge in [0.25, 0.3) is 0 Å². The van der Waals surface area contributed by atoms with Gasteiger partial charge in [0.2, 0.25) is 5.89 Å². The molecule has 0 bridgehead atoms. The van der Waals surface area contributed by atoms with Gasteiger partial charge < -0.3 is 9.63 Å². The van der Waals surface area contributed by atoms with Gasteiger partial charge in [0.05, 0.1) is 17.1 Å². The molecular weight excluding hydrogens is 282 g/mol. The molecule has 0 saturated carbocycles. The number of halogens is 1. The first-order chi connectivity index (χ1) is 9.45. The van der Waals surface area contributed by atoms with Crippen LogP contribution >= 0.6 is 11.6 Å². The van der Waals surface area contributed by atoms with Crippen molar-refractivity contribution in [3.63, 3.8) is 0 Å². The highest BCUT2D eigenvalue weighted by molar-refractivity contribution is 6.33. The zero-order valence-electron chi connectivity index (χ0n) is 11.1. The molecule has 2 rings (SSSR count). The van der Waals surface area contributed by atoms with E-state index in [0.717, 1.165) is 5.56 Å². The van der Waals surface area contributed by atoms with Crippen LogP contribution in [0.15, 0.2) is 22.7 Å². The van der Waals surface area contributed by atoms with Crippen molar-refractivity contribution in [2.24, 2.45) is 0 Å². The van der Waals surface area contributed by atoms with Crippen LogP contribution < -0.4 is 0 Å². The van der Waals surface area contributed by atoms with Gasteiger partial charge in [0.1, 0.15) is 0 Å². The van der Waals surface area contributed by atoms with Crippen LogP contribution in [0.4, 0.5) is 0 Å². The normalized spacial score (nSPS) is 11.0. The molecule has 20 heavy (non-hydrogen) atoms. The molecule has 0 aliphatic carbocycles. The Kier molecular flexibility index (Phi) is 4.36. The highest BCUT2D eigenvalue weighted by Crippen LogP contribution is 2.19. The summed E-state index contributed by atoms with van der Waals surface area (Å²) in [6, 6.07) is 4.90. The van der Waals surface area contributed by atoms with E-state index < -0.39 is 5.97 Å². The van der Waals surface area contributed by atoms with Crippen LogP contribution in [0.3, 0.4) is 0 Å². The highest BCUT2D eigenvalue weighted by Gasteiger charge is 2.11. The molecule has 0 spiro atoms. The maximum absolute atomic E-state index is 10.9. The van der Waals surface area contributed by atoms with E-state index in [2.05, 4.69) is 10.1 Å². The Balaban J connectivity index is 2.02. The van der Waals surface area contributed by atoms with Crippen LogP contribution in [0.1, 0.15) is 27.6 Å². The number of aromatic carboxylic acids is 1. The first-order valence-corrected chi connectivity index (χ1v) is 6.33. The molecule has 0 aliphatic rings. The zero-order chi connectivity index (χ0) is 14.7. The summed E-state index contributed by atoms with van der Waals surface area (Å²) in [4.78, 5) is 17.0. The lowest BCUT2D eigenvalue weighted by Crippen LogP contribution is -2.17. The number of hydrogen-bond acceptors (Lipinski definition) is 5. The minimum Gasteiger partial charge on any atom is -0.478 e. The average molecular weight is 296 g/mol. The van der Waals surface area contributed by atoms with Crippen LogP contribution in [0.25, 0.3) is 0 Å². The average Bonchev–Trinajstić information content (AvgIpc) is 2.74. The van der Waals surface area contributed by atoms with Gasteiger partial charge >= 0.3 is 5.97 Å². The lowest BCUT2D eigenvalue weighted by Gasteiger charge is -2.14. The van der Waals surface area contributed by atoms with Gasteiger partial charge in [-0.05, 0) is 31.7 Å². The predicted molar refractivity (Wildman–Crippen MR) is 72.6 cm³/mol. The molecule has 0 atom stereocenters. The third kappa shape index (κ3) is 3.55. The van der Waals surface area contributed by atoms with Crippen molar-refractivity contribution in [3.05, 3.63) is 46.1 Å². The number of nitrogens with zero attached hydrogens (tertiary/aromatic N) is 3. The van der Waals surface area contributed by atoms with E-state index in [9.17, 15) is 4.79 Å². The molecule has 0 radical (unpaired) electrons. The molecule has 6 nitrogen and oxygen atoms in total. The van der Waals surface area contributed by atoms with E-state index >= 15 is 0 Å². The Morgan fingerprint density at radius 2 is 2.20 bits per heavy atom. The minimum atomic E-state index is -1.03. The summed E-state index contributed by atoms with van der Waals surface area (Å²) >= 11 is 5.93. The van der Waals surface area contributed by atoms with Crippen LogP contribution in [-0.2, 0) is 13.1 Å². The van der Waals surface area contributed by atoms with Crippen molar-refractivity contribution >= 4 is 17.6 Å². The number of rotatable bonds is 5. The van der Waals surface area contributed by atoms with Crippen LogP contribution in [0.5, 0.6) is 0 Å². The molecule has 0 saturated heterocycles. The summed E-state index contributed by atoms with van der Waals surface area (Å²) < 4.78 is 5.04. The molecule has 2 aromatic rings. The van der Waals surface area contributed by atoms with Gasteiger partial charge in [0, 0.05) is 6.54 Å². The van der Waals surface area contributed by atoms with Crippen molar-refractivity contribution in [2.75, 3.05) is 7.05 Å². The fraction of sp³-hybridized carbons (Fsp3) is 0.308. The van der Waals surface area contributed by atoms with Gasteiger partial charge in [-0.2, -0.15) is 4.98 Å². The van der Waals surface area contributed by atoms with Gasteiger partial charge in [-0.15, -0.1) is 0 Å². The first-order valence-electron chi connectivity index (χ1n) is 5.95. The Labute approximate surface area is 121 Å². The maximum atomic E-state index is 10.9. The number of aryl methyl sites for hydroxylation is 1. The number of aromatic nitrogens is 2.